The van der Waals surface area contributed by atoms with Crippen molar-refractivity contribution in [3.8, 4) is 0 Å². The number of hydrogen-bond donors (Lipinski definition) is 1. The van der Waals surface area contributed by atoms with Gasteiger partial charge in [0.05, 0.1) is 0 Å². The molecule has 4 heteroatoms. The molecule has 0 saturated carbocycles. The molecule has 0 aliphatic carbocycles. The van der Waals surface area contributed by atoms with Crippen LogP contribution in [0.3, 0.4) is 0 Å². The second kappa shape index (κ2) is 3.65. The van der Waals surface area contributed by atoms with Crippen molar-refractivity contribution in [2.75, 3.05) is 0 Å². The molecular weight excluding hydrogens is 175 g/mol. The van der Waals surface area contributed by atoms with Crippen LogP contribution < -0.4 is 5.30 Å². The SMILES string of the molecule is CC(=O)c1ccc([PH](=O)O)cc1. The molecule has 1 rings (SSSR count). The van der Waals surface area contributed by atoms with Crippen molar-refractivity contribution in [3.05, 3.63) is 29.8 Å². The predicted molar refractivity (Wildman–Crippen MR) is 47.3 cm³/mol. The monoisotopic (exact) mass is 184 g/mol. The average Bonchev–Trinajstić information content (AvgIpc) is 2.04. The molecule has 12 heavy (non-hydrogen) atoms. The molecule has 0 radical (unpaired) electrons. The summed E-state index contributed by atoms with van der Waals surface area (Å²) in [5, 5.41) is 0.380. The fourth-order valence-corrected chi connectivity index (χ4v) is 1.30. The molecule has 1 atom stereocenters. The Morgan fingerprint density at radius 3 is 2.17 bits per heavy atom. The minimum absolute atomic E-state index is 0.0424. The summed E-state index contributed by atoms with van der Waals surface area (Å²) < 4.78 is 10.6. The Kier molecular flexibility index (Phi) is 2.79. The molecule has 0 spiro atoms. The molecule has 0 aliphatic rings. The van der Waals surface area contributed by atoms with Crippen LogP contribution in [0.25, 0.3) is 0 Å². The maximum atomic E-state index is 10.8. The van der Waals surface area contributed by atoms with Gasteiger partial charge in [-0.15, -0.1) is 0 Å². The van der Waals surface area contributed by atoms with E-state index in [1.807, 2.05) is 0 Å². The maximum absolute atomic E-state index is 10.8. The molecule has 1 N–H and O–H groups in total. The van der Waals surface area contributed by atoms with Gasteiger partial charge in [-0.2, -0.15) is 0 Å². The lowest BCUT2D eigenvalue weighted by molar-refractivity contribution is 0.101. The Balaban J connectivity index is 3.01. The molecule has 1 aromatic carbocycles. The van der Waals surface area contributed by atoms with Gasteiger partial charge in [0.15, 0.2) is 5.78 Å². The molecule has 0 fully saturated rings. The predicted octanol–water partition coefficient (Wildman–Crippen LogP) is 0.982. The Morgan fingerprint density at radius 1 is 1.33 bits per heavy atom. The first-order valence-electron chi connectivity index (χ1n) is 3.45. The van der Waals surface area contributed by atoms with E-state index in [4.69, 9.17) is 4.89 Å². The molecule has 0 saturated heterocycles. The van der Waals surface area contributed by atoms with Crippen LogP contribution in [0.1, 0.15) is 17.3 Å². The summed E-state index contributed by atoms with van der Waals surface area (Å²) in [4.78, 5) is 19.5. The van der Waals surface area contributed by atoms with E-state index < -0.39 is 8.03 Å². The summed E-state index contributed by atoms with van der Waals surface area (Å²) in [6, 6.07) is 6.10. The van der Waals surface area contributed by atoms with E-state index in [2.05, 4.69) is 0 Å². The summed E-state index contributed by atoms with van der Waals surface area (Å²) in [6.45, 7) is 1.46. The molecule has 1 aromatic rings. The van der Waals surface area contributed by atoms with Crippen LogP contribution >= 0.6 is 8.03 Å². The second-order valence-corrected chi connectivity index (χ2v) is 3.63. The molecular formula is C8H9O3P. The van der Waals surface area contributed by atoms with E-state index in [9.17, 15) is 9.36 Å². The minimum atomic E-state index is -2.62. The fraction of sp³-hybridized carbons (Fsp3) is 0.125. The zero-order valence-corrected chi connectivity index (χ0v) is 7.57. The summed E-state index contributed by atoms with van der Waals surface area (Å²) in [5.41, 5.74) is 0.557. The van der Waals surface area contributed by atoms with Gasteiger partial charge < -0.3 is 4.89 Å². The highest BCUT2D eigenvalue weighted by Gasteiger charge is 2.00. The summed E-state index contributed by atoms with van der Waals surface area (Å²) in [6.07, 6.45) is 0. The number of Topliss-reactive ketones (excluding diaryl/α,β-unsaturated/α-hetero) is 1. The van der Waals surface area contributed by atoms with E-state index in [0.717, 1.165) is 0 Å². The highest BCUT2D eigenvalue weighted by atomic mass is 31.1. The van der Waals surface area contributed by atoms with Gasteiger partial charge in [0.2, 0.25) is 8.03 Å². The van der Waals surface area contributed by atoms with Crippen molar-refractivity contribution in [1.29, 1.82) is 0 Å². The van der Waals surface area contributed by atoms with Crippen molar-refractivity contribution in [2.24, 2.45) is 0 Å². The highest BCUT2D eigenvalue weighted by Crippen LogP contribution is 2.12. The van der Waals surface area contributed by atoms with Crippen LogP contribution in [0, 0.1) is 0 Å². The standard InChI is InChI=1S/C8H9O3P/c1-6(9)7-2-4-8(5-3-7)12(10)11/h2-5,12H,1H3,(H,10,11). The minimum Gasteiger partial charge on any atom is -0.343 e. The van der Waals surface area contributed by atoms with Crippen molar-refractivity contribution >= 4 is 19.1 Å². The smallest absolute Gasteiger partial charge is 0.218 e. The van der Waals surface area contributed by atoms with Gasteiger partial charge in [-0.3, -0.25) is 9.36 Å². The van der Waals surface area contributed by atoms with E-state index in [0.29, 0.717) is 10.9 Å². The molecule has 64 valence electrons. The third kappa shape index (κ3) is 2.03. The molecule has 0 heterocycles. The van der Waals surface area contributed by atoms with Crippen molar-refractivity contribution in [2.45, 2.75) is 6.92 Å². The van der Waals surface area contributed by atoms with Gasteiger partial charge in [0.1, 0.15) is 0 Å². The quantitative estimate of drug-likeness (QED) is 0.550. The Morgan fingerprint density at radius 2 is 1.83 bits per heavy atom. The van der Waals surface area contributed by atoms with Crippen LogP contribution in [0.15, 0.2) is 24.3 Å². The zero-order chi connectivity index (χ0) is 9.14. The second-order valence-electron chi connectivity index (χ2n) is 2.44. The fourth-order valence-electron chi connectivity index (χ4n) is 0.848. The Labute approximate surface area is 70.9 Å². The lowest BCUT2D eigenvalue weighted by atomic mass is 10.2. The lowest BCUT2D eigenvalue weighted by Gasteiger charge is -1.96. The third-order valence-corrected chi connectivity index (χ3v) is 2.37. The number of hydrogen-bond acceptors (Lipinski definition) is 2. The van der Waals surface area contributed by atoms with Gasteiger partial charge in [-0.1, -0.05) is 12.1 Å². The summed E-state index contributed by atoms with van der Waals surface area (Å²) in [5.74, 6) is -0.0424. The molecule has 1 unspecified atom stereocenters. The first kappa shape index (κ1) is 9.17. The summed E-state index contributed by atoms with van der Waals surface area (Å²) >= 11 is 0. The number of carbonyl (C=O) groups excluding carboxylic acids is 1. The average molecular weight is 184 g/mol. The molecule has 0 bridgehead atoms. The first-order valence-corrected chi connectivity index (χ1v) is 4.81. The first-order chi connectivity index (χ1) is 5.61. The molecule has 0 aromatic heterocycles. The van der Waals surface area contributed by atoms with Crippen LogP contribution in [0.2, 0.25) is 0 Å². The van der Waals surface area contributed by atoms with E-state index in [1.54, 1.807) is 12.1 Å². The number of rotatable bonds is 2. The van der Waals surface area contributed by atoms with E-state index >= 15 is 0 Å². The zero-order valence-electron chi connectivity index (χ0n) is 6.57. The van der Waals surface area contributed by atoms with Crippen molar-refractivity contribution in [1.82, 2.24) is 0 Å². The van der Waals surface area contributed by atoms with Crippen molar-refractivity contribution < 1.29 is 14.3 Å². The largest absolute Gasteiger partial charge is 0.343 e. The van der Waals surface area contributed by atoms with Crippen LogP contribution in [0.5, 0.6) is 0 Å². The lowest BCUT2D eigenvalue weighted by Crippen LogP contribution is -1.98. The number of carbonyl (C=O) groups is 1. The van der Waals surface area contributed by atoms with Gasteiger partial charge in [-0.25, -0.2) is 0 Å². The van der Waals surface area contributed by atoms with Gasteiger partial charge in [-0.05, 0) is 19.1 Å². The normalized spacial score (nSPS) is 12.5. The molecule has 3 nitrogen and oxygen atoms in total. The molecule has 0 aliphatic heterocycles. The molecule has 0 amide bonds. The maximum Gasteiger partial charge on any atom is 0.218 e. The van der Waals surface area contributed by atoms with Crippen LogP contribution in [0.4, 0.5) is 0 Å². The van der Waals surface area contributed by atoms with Crippen molar-refractivity contribution in [3.63, 3.8) is 0 Å². The van der Waals surface area contributed by atoms with Crippen LogP contribution in [-0.2, 0) is 4.57 Å². The Bertz CT molecular complexity index is 283. The van der Waals surface area contributed by atoms with Gasteiger partial charge >= 0.3 is 0 Å². The highest BCUT2D eigenvalue weighted by molar-refractivity contribution is 7.47. The number of ketones is 1. The Hall–Kier alpha value is -0.920. The summed E-state index contributed by atoms with van der Waals surface area (Å²) in [7, 11) is -2.62. The van der Waals surface area contributed by atoms with Gasteiger partial charge in [0, 0.05) is 10.9 Å². The van der Waals surface area contributed by atoms with Gasteiger partial charge in [0.25, 0.3) is 0 Å². The number of benzene rings is 1. The third-order valence-electron chi connectivity index (χ3n) is 1.54. The van der Waals surface area contributed by atoms with E-state index in [1.165, 1.54) is 19.1 Å². The van der Waals surface area contributed by atoms with Crippen LogP contribution in [-0.4, -0.2) is 10.7 Å². The topological polar surface area (TPSA) is 54.4 Å². The van der Waals surface area contributed by atoms with E-state index in [-0.39, 0.29) is 5.78 Å².